The quantitative estimate of drug-likeness (QED) is 0.555. The van der Waals surface area contributed by atoms with Gasteiger partial charge in [0.05, 0.1) is 17.0 Å². The standard InChI is InChI=1S/C19H16N2O2/c1-13(15-11-10-14-6-2-3-7-16(14)12-15)20-21-18-9-5-4-8-17(18)19(22)23/h2-12,21H,1H3,(H,22,23)/b20-13+. The molecule has 0 aliphatic heterocycles. The Kier molecular flexibility index (Phi) is 4.06. The van der Waals surface area contributed by atoms with Crippen LogP contribution in [0, 0.1) is 0 Å². The van der Waals surface area contributed by atoms with Crippen molar-refractivity contribution in [3.63, 3.8) is 0 Å². The van der Waals surface area contributed by atoms with Crippen LogP contribution in [0.4, 0.5) is 5.69 Å². The van der Waals surface area contributed by atoms with E-state index in [9.17, 15) is 9.90 Å². The second-order valence-corrected chi connectivity index (χ2v) is 5.22. The van der Waals surface area contributed by atoms with Gasteiger partial charge < -0.3 is 5.11 Å². The minimum atomic E-state index is -0.980. The summed E-state index contributed by atoms with van der Waals surface area (Å²) in [6.45, 7) is 1.89. The van der Waals surface area contributed by atoms with Crippen LogP contribution in [-0.4, -0.2) is 16.8 Å². The van der Waals surface area contributed by atoms with Crippen molar-refractivity contribution in [3.05, 3.63) is 77.9 Å². The summed E-state index contributed by atoms with van der Waals surface area (Å²) < 4.78 is 0. The lowest BCUT2D eigenvalue weighted by Crippen LogP contribution is -2.04. The molecule has 0 amide bonds. The zero-order valence-electron chi connectivity index (χ0n) is 12.7. The van der Waals surface area contributed by atoms with Gasteiger partial charge in [-0.15, -0.1) is 0 Å². The maximum atomic E-state index is 11.2. The lowest BCUT2D eigenvalue weighted by atomic mass is 10.0. The van der Waals surface area contributed by atoms with E-state index in [1.54, 1.807) is 24.3 Å². The van der Waals surface area contributed by atoms with Crippen LogP contribution in [0.25, 0.3) is 10.8 Å². The first-order valence-corrected chi connectivity index (χ1v) is 7.27. The van der Waals surface area contributed by atoms with E-state index < -0.39 is 5.97 Å². The topological polar surface area (TPSA) is 61.7 Å². The van der Waals surface area contributed by atoms with Gasteiger partial charge in [-0.3, -0.25) is 5.43 Å². The van der Waals surface area contributed by atoms with Gasteiger partial charge >= 0.3 is 5.97 Å². The molecule has 0 spiro atoms. The molecule has 0 heterocycles. The molecule has 3 aromatic carbocycles. The molecule has 0 aliphatic rings. The molecule has 3 aromatic rings. The van der Waals surface area contributed by atoms with Gasteiger partial charge in [-0.25, -0.2) is 4.79 Å². The molecular weight excluding hydrogens is 288 g/mol. The number of para-hydroxylation sites is 1. The fraction of sp³-hybridized carbons (Fsp3) is 0.0526. The van der Waals surface area contributed by atoms with Gasteiger partial charge in [-0.05, 0) is 41.5 Å². The lowest BCUT2D eigenvalue weighted by Gasteiger charge is -2.07. The Labute approximate surface area is 134 Å². The number of carboxylic acids is 1. The zero-order valence-corrected chi connectivity index (χ0v) is 12.7. The van der Waals surface area contributed by atoms with Crippen molar-refractivity contribution >= 4 is 28.1 Å². The Hall–Kier alpha value is -3.14. The van der Waals surface area contributed by atoms with Gasteiger partial charge in [0.1, 0.15) is 0 Å². The molecule has 0 bridgehead atoms. The van der Waals surface area contributed by atoms with Crippen molar-refractivity contribution in [3.8, 4) is 0 Å². The van der Waals surface area contributed by atoms with Gasteiger partial charge in [0.15, 0.2) is 0 Å². The molecule has 114 valence electrons. The molecule has 0 unspecified atom stereocenters. The van der Waals surface area contributed by atoms with Crippen LogP contribution in [0.2, 0.25) is 0 Å². The molecule has 0 aliphatic carbocycles. The lowest BCUT2D eigenvalue weighted by molar-refractivity contribution is 0.0698. The summed E-state index contributed by atoms with van der Waals surface area (Å²) in [5, 5.41) is 15.8. The van der Waals surface area contributed by atoms with Crippen LogP contribution in [0.3, 0.4) is 0 Å². The van der Waals surface area contributed by atoms with Crippen molar-refractivity contribution in [2.45, 2.75) is 6.92 Å². The minimum Gasteiger partial charge on any atom is -0.478 e. The van der Waals surface area contributed by atoms with E-state index in [1.165, 1.54) is 5.39 Å². The van der Waals surface area contributed by atoms with E-state index in [-0.39, 0.29) is 5.56 Å². The van der Waals surface area contributed by atoms with Crippen LogP contribution in [0.15, 0.2) is 71.8 Å². The third kappa shape index (κ3) is 3.21. The normalized spacial score (nSPS) is 11.4. The average molecular weight is 304 g/mol. The summed E-state index contributed by atoms with van der Waals surface area (Å²) in [7, 11) is 0. The van der Waals surface area contributed by atoms with Crippen molar-refractivity contribution in [1.82, 2.24) is 0 Å². The van der Waals surface area contributed by atoms with Crippen LogP contribution in [0.1, 0.15) is 22.8 Å². The molecule has 4 nitrogen and oxygen atoms in total. The maximum Gasteiger partial charge on any atom is 0.337 e. The van der Waals surface area contributed by atoms with Crippen LogP contribution >= 0.6 is 0 Å². The van der Waals surface area contributed by atoms with Crippen molar-refractivity contribution in [2.75, 3.05) is 5.43 Å². The Balaban J connectivity index is 1.88. The second kappa shape index (κ2) is 6.32. The summed E-state index contributed by atoms with van der Waals surface area (Å²) in [4.78, 5) is 11.2. The van der Waals surface area contributed by atoms with Gasteiger partial charge in [0, 0.05) is 0 Å². The highest BCUT2D eigenvalue weighted by Crippen LogP contribution is 2.18. The predicted molar refractivity (Wildman–Crippen MR) is 93.2 cm³/mol. The largest absolute Gasteiger partial charge is 0.478 e. The number of hydrazone groups is 1. The van der Waals surface area contributed by atoms with Crippen LogP contribution in [-0.2, 0) is 0 Å². The molecule has 0 fully saturated rings. The molecule has 0 aromatic heterocycles. The third-order valence-electron chi connectivity index (χ3n) is 3.67. The first-order valence-electron chi connectivity index (χ1n) is 7.27. The maximum absolute atomic E-state index is 11.2. The number of hydrogen-bond donors (Lipinski definition) is 2. The number of nitrogens with zero attached hydrogens (tertiary/aromatic N) is 1. The second-order valence-electron chi connectivity index (χ2n) is 5.22. The molecule has 4 heteroatoms. The number of nitrogens with one attached hydrogen (secondary N) is 1. The van der Waals surface area contributed by atoms with Crippen molar-refractivity contribution < 1.29 is 9.90 Å². The summed E-state index contributed by atoms with van der Waals surface area (Å²) in [5.74, 6) is -0.980. The predicted octanol–water partition coefficient (Wildman–Crippen LogP) is 4.37. The molecule has 0 saturated heterocycles. The van der Waals surface area contributed by atoms with Crippen molar-refractivity contribution in [1.29, 1.82) is 0 Å². The van der Waals surface area contributed by atoms with Crippen LogP contribution in [0.5, 0.6) is 0 Å². The van der Waals surface area contributed by atoms with E-state index >= 15 is 0 Å². The smallest absolute Gasteiger partial charge is 0.337 e. The number of anilines is 1. The average Bonchev–Trinajstić information content (AvgIpc) is 2.59. The highest BCUT2D eigenvalue weighted by Gasteiger charge is 2.08. The fourth-order valence-corrected chi connectivity index (χ4v) is 2.39. The number of fused-ring (bicyclic) bond motifs is 1. The first kappa shape index (κ1) is 14.8. The fourth-order valence-electron chi connectivity index (χ4n) is 2.39. The Morgan fingerprint density at radius 3 is 2.43 bits per heavy atom. The summed E-state index contributed by atoms with van der Waals surface area (Å²) >= 11 is 0. The SMILES string of the molecule is C/C(=N\Nc1ccccc1C(=O)O)c1ccc2ccccc2c1. The number of hydrogen-bond acceptors (Lipinski definition) is 3. The van der Waals surface area contributed by atoms with E-state index in [1.807, 2.05) is 25.1 Å². The van der Waals surface area contributed by atoms with E-state index in [0.29, 0.717) is 5.69 Å². The Bertz CT molecular complexity index is 901. The molecule has 3 rings (SSSR count). The van der Waals surface area contributed by atoms with E-state index in [2.05, 4.69) is 34.8 Å². The van der Waals surface area contributed by atoms with Crippen molar-refractivity contribution in [2.24, 2.45) is 5.10 Å². The summed E-state index contributed by atoms with van der Waals surface area (Å²) in [6, 6.07) is 21.0. The molecular formula is C19H16N2O2. The van der Waals surface area contributed by atoms with E-state index in [4.69, 9.17) is 0 Å². The number of carboxylic acid groups (broad SMARTS) is 1. The minimum absolute atomic E-state index is 0.197. The zero-order chi connectivity index (χ0) is 16.2. The molecule has 0 atom stereocenters. The summed E-state index contributed by atoms with van der Waals surface area (Å²) in [6.07, 6.45) is 0. The molecule has 0 saturated carbocycles. The molecule has 23 heavy (non-hydrogen) atoms. The highest BCUT2D eigenvalue weighted by atomic mass is 16.4. The first-order chi connectivity index (χ1) is 11.1. The number of carbonyl (C=O) groups is 1. The molecule has 2 N–H and O–H groups in total. The monoisotopic (exact) mass is 304 g/mol. The highest BCUT2D eigenvalue weighted by molar-refractivity contribution is 6.02. The number of benzene rings is 3. The van der Waals surface area contributed by atoms with Crippen LogP contribution < -0.4 is 5.43 Å². The van der Waals surface area contributed by atoms with Gasteiger partial charge in [-0.2, -0.15) is 5.10 Å². The van der Waals surface area contributed by atoms with Gasteiger partial charge in [-0.1, -0.05) is 48.5 Å². The third-order valence-corrected chi connectivity index (χ3v) is 3.67. The van der Waals surface area contributed by atoms with Gasteiger partial charge in [0.2, 0.25) is 0 Å². The van der Waals surface area contributed by atoms with Gasteiger partial charge in [0.25, 0.3) is 0 Å². The summed E-state index contributed by atoms with van der Waals surface area (Å²) in [5.41, 5.74) is 5.29. The Morgan fingerprint density at radius 2 is 1.65 bits per heavy atom. The van der Waals surface area contributed by atoms with E-state index in [0.717, 1.165) is 16.7 Å². The number of aromatic carboxylic acids is 1. The molecule has 0 radical (unpaired) electrons. The number of rotatable bonds is 4. The Morgan fingerprint density at radius 1 is 0.957 bits per heavy atom.